The van der Waals surface area contributed by atoms with E-state index in [0.29, 0.717) is 13.0 Å². The van der Waals surface area contributed by atoms with Crippen LogP contribution in [0, 0.1) is 0 Å². The molecule has 1 aromatic carbocycles. The van der Waals surface area contributed by atoms with Crippen LogP contribution in [0.15, 0.2) is 58.9 Å². The zero-order valence-electron chi connectivity index (χ0n) is 15.2. The summed E-state index contributed by atoms with van der Waals surface area (Å²) in [5.74, 6) is 0.470. The molecule has 1 aliphatic heterocycles. The minimum absolute atomic E-state index is 0.0265. The Morgan fingerprint density at radius 3 is 2.82 bits per heavy atom. The molecule has 28 heavy (non-hydrogen) atoms. The minimum atomic E-state index is -3.05. The first kappa shape index (κ1) is 19.4. The number of nitrogens with zero attached hydrogens (tertiary/aromatic N) is 2. The van der Waals surface area contributed by atoms with E-state index in [-0.39, 0.29) is 29.2 Å². The molecular formula is C20H20N2O3S3. The number of para-hydroxylation sites is 1. The van der Waals surface area contributed by atoms with Crippen LogP contribution in [-0.2, 0) is 21.2 Å². The average Bonchev–Trinajstić information content (AvgIpc) is 3.33. The number of fused-ring (bicyclic) bond motifs is 1. The Bertz CT molecular complexity index is 1080. The molecule has 4 rings (SSSR count). The topological polar surface area (TPSA) is 67.3 Å². The van der Waals surface area contributed by atoms with Crippen LogP contribution < -0.4 is 0 Å². The lowest BCUT2D eigenvalue weighted by atomic mass is 10.2. The normalized spacial score (nSPS) is 18.4. The highest BCUT2D eigenvalue weighted by Crippen LogP contribution is 2.28. The number of rotatable bonds is 6. The maximum Gasteiger partial charge on any atom is 0.233 e. The van der Waals surface area contributed by atoms with E-state index in [2.05, 4.69) is 4.98 Å². The summed E-state index contributed by atoms with van der Waals surface area (Å²) < 4.78 is 23.9. The lowest BCUT2D eigenvalue weighted by Gasteiger charge is -2.28. The second-order valence-electron chi connectivity index (χ2n) is 6.77. The van der Waals surface area contributed by atoms with Gasteiger partial charge in [-0.05, 0) is 30.0 Å². The molecule has 146 valence electrons. The molecule has 2 aromatic heterocycles. The lowest BCUT2D eigenvalue weighted by Crippen LogP contribution is -2.41. The van der Waals surface area contributed by atoms with Crippen LogP contribution in [0.25, 0.3) is 10.9 Å². The van der Waals surface area contributed by atoms with Gasteiger partial charge in [-0.3, -0.25) is 9.78 Å². The average molecular weight is 433 g/mol. The SMILES string of the molecule is O=C(CSc1ccnc2ccccc12)N(Cc1cccs1)C1CCS(=O)(=O)C1. The fourth-order valence-corrected chi connectivity index (χ4v) is 6.79. The van der Waals surface area contributed by atoms with Gasteiger partial charge in [-0.25, -0.2) is 8.42 Å². The van der Waals surface area contributed by atoms with Gasteiger partial charge in [0, 0.05) is 27.4 Å². The lowest BCUT2D eigenvalue weighted by molar-refractivity contribution is -0.130. The number of carbonyl (C=O) groups is 1. The summed E-state index contributed by atoms with van der Waals surface area (Å²) in [7, 11) is -3.05. The number of hydrogen-bond acceptors (Lipinski definition) is 6. The zero-order chi connectivity index (χ0) is 19.6. The van der Waals surface area contributed by atoms with Crippen molar-refractivity contribution < 1.29 is 13.2 Å². The van der Waals surface area contributed by atoms with Gasteiger partial charge in [-0.15, -0.1) is 23.1 Å². The highest BCUT2D eigenvalue weighted by molar-refractivity contribution is 8.00. The molecule has 3 aromatic rings. The smallest absolute Gasteiger partial charge is 0.233 e. The first-order valence-electron chi connectivity index (χ1n) is 9.01. The predicted molar refractivity (Wildman–Crippen MR) is 114 cm³/mol. The molecule has 3 heterocycles. The van der Waals surface area contributed by atoms with E-state index in [1.54, 1.807) is 22.4 Å². The summed E-state index contributed by atoms with van der Waals surface area (Å²) >= 11 is 3.07. The molecule has 1 unspecified atom stereocenters. The molecule has 1 aliphatic rings. The van der Waals surface area contributed by atoms with Gasteiger partial charge in [0.1, 0.15) is 0 Å². The molecule has 5 nitrogen and oxygen atoms in total. The largest absolute Gasteiger partial charge is 0.333 e. The van der Waals surface area contributed by atoms with Crippen LogP contribution in [0.2, 0.25) is 0 Å². The highest BCUT2D eigenvalue weighted by Gasteiger charge is 2.34. The Balaban J connectivity index is 1.52. The van der Waals surface area contributed by atoms with E-state index in [9.17, 15) is 13.2 Å². The minimum Gasteiger partial charge on any atom is -0.333 e. The molecule has 1 saturated heterocycles. The molecule has 8 heteroatoms. The van der Waals surface area contributed by atoms with Crippen molar-refractivity contribution in [1.82, 2.24) is 9.88 Å². The van der Waals surface area contributed by atoms with E-state index in [0.717, 1.165) is 20.7 Å². The summed E-state index contributed by atoms with van der Waals surface area (Å²) in [4.78, 5) is 21.3. The van der Waals surface area contributed by atoms with Gasteiger partial charge in [0.2, 0.25) is 5.91 Å². The Hall–Kier alpha value is -1.90. The summed E-state index contributed by atoms with van der Waals surface area (Å²) in [6.07, 6.45) is 2.27. The second-order valence-corrected chi connectivity index (χ2v) is 11.1. The maximum atomic E-state index is 13.1. The number of carbonyl (C=O) groups excluding carboxylic acids is 1. The summed E-state index contributed by atoms with van der Waals surface area (Å²) in [5.41, 5.74) is 0.900. The van der Waals surface area contributed by atoms with Gasteiger partial charge in [0.05, 0.1) is 29.3 Å². The van der Waals surface area contributed by atoms with Gasteiger partial charge >= 0.3 is 0 Å². The van der Waals surface area contributed by atoms with Crippen LogP contribution in [0.4, 0.5) is 0 Å². The predicted octanol–water partition coefficient (Wildman–Crippen LogP) is 3.60. The van der Waals surface area contributed by atoms with Crippen molar-refractivity contribution in [2.45, 2.75) is 23.9 Å². The van der Waals surface area contributed by atoms with E-state index in [4.69, 9.17) is 0 Å². The van der Waals surface area contributed by atoms with Crippen molar-refractivity contribution in [1.29, 1.82) is 0 Å². The zero-order valence-corrected chi connectivity index (χ0v) is 17.6. The summed E-state index contributed by atoms with van der Waals surface area (Å²) in [5, 5.41) is 3.00. The molecule has 0 N–H and O–H groups in total. The number of hydrogen-bond donors (Lipinski definition) is 0. The molecule has 0 aliphatic carbocycles. The number of aromatic nitrogens is 1. The van der Waals surface area contributed by atoms with Crippen molar-refractivity contribution in [3.05, 3.63) is 58.9 Å². The van der Waals surface area contributed by atoms with Gasteiger partial charge in [-0.2, -0.15) is 0 Å². The first-order valence-corrected chi connectivity index (χ1v) is 12.7. The van der Waals surface area contributed by atoms with Crippen LogP contribution >= 0.6 is 23.1 Å². The standard InChI is InChI=1S/C20H20N2O3S3/c23-20(13-27-19-7-9-21-18-6-2-1-5-17(18)19)22(12-16-4-3-10-26-16)15-8-11-28(24,25)14-15/h1-7,9-10,15H,8,11-14H2. The second kappa shape index (κ2) is 8.23. The Morgan fingerprint density at radius 1 is 1.21 bits per heavy atom. The van der Waals surface area contributed by atoms with Crippen LogP contribution in [0.3, 0.4) is 0 Å². The Morgan fingerprint density at radius 2 is 2.07 bits per heavy atom. The number of sulfone groups is 1. The van der Waals surface area contributed by atoms with Crippen molar-refractivity contribution in [2.24, 2.45) is 0 Å². The number of amides is 1. The van der Waals surface area contributed by atoms with Crippen LogP contribution in [0.1, 0.15) is 11.3 Å². The van der Waals surface area contributed by atoms with Crippen molar-refractivity contribution in [3.63, 3.8) is 0 Å². The molecule has 1 atom stereocenters. The maximum absolute atomic E-state index is 13.1. The third-order valence-corrected chi connectivity index (χ3v) is 8.51. The van der Waals surface area contributed by atoms with Crippen molar-refractivity contribution in [3.8, 4) is 0 Å². The van der Waals surface area contributed by atoms with Crippen LogP contribution in [0.5, 0.6) is 0 Å². The Kier molecular flexibility index (Phi) is 5.70. The van der Waals surface area contributed by atoms with E-state index < -0.39 is 9.84 Å². The number of benzene rings is 1. The van der Waals surface area contributed by atoms with E-state index in [1.807, 2.05) is 47.8 Å². The monoisotopic (exact) mass is 432 g/mol. The number of thioether (sulfide) groups is 1. The van der Waals surface area contributed by atoms with Gasteiger partial charge < -0.3 is 4.90 Å². The number of pyridine rings is 1. The third-order valence-electron chi connectivity index (χ3n) is 4.84. The fraction of sp³-hybridized carbons (Fsp3) is 0.300. The van der Waals surface area contributed by atoms with Gasteiger partial charge in [0.15, 0.2) is 9.84 Å². The fourth-order valence-electron chi connectivity index (χ4n) is 3.43. The molecule has 1 amide bonds. The van der Waals surface area contributed by atoms with Gasteiger partial charge in [-0.1, -0.05) is 24.3 Å². The molecule has 0 spiro atoms. The Labute approximate surface area is 172 Å². The number of thiophene rings is 1. The summed E-state index contributed by atoms with van der Waals surface area (Å²) in [6, 6.07) is 13.5. The summed E-state index contributed by atoms with van der Waals surface area (Å²) in [6.45, 7) is 0.467. The molecule has 0 saturated carbocycles. The molecule has 0 radical (unpaired) electrons. The quantitative estimate of drug-likeness (QED) is 0.557. The van der Waals surface area contributed by atoms with E-state index >= 15 is 0 Å². The van der Waals surface area contributed by atoms with Crippen molar-refractivity contribution in [2.75, 3.05) is 17.3 Å². The molecular weight excluding hydrogens is 412 g/mol. The van der Waals surface area contributed by atoms with Crippen molar-refractivity contribution >= 4 is 49.7 Å². The highest BCUT2D eigenvalue weighted by atomic mass is 32.2. The molecule has 1 fully saturated rings. The molecule has 0 bridgehead atoms. The van der Waals surface area contributed by atoms with Gasteiger partial charge in [0.25, 0.3) is 0 Å². The van der Waals surface area contributed by atoms with Crippen LogP contribution in [-0.4, -0.2) is 47.5 Å². The van der Waals surface area contributed by atoms with E-state index in [1.165, 1.54) is 11.8 Å². The third kappa shape index (κ3) is 4.39. The first-order chi connectivity index (χ1) is 13.5.